The number of imidazole rings is 1. The van der Waals surface area contributed by atoms with Gasteiger partial charge < -0.3 is 10.3 Å². The zero-order valence-electron chi connectivity index (χ0n) is 14.8. The SMILES string of the molecule is C[C@@H]1C[C@H](NC(=O)c2cccnn2)C[C@@H]1c1cnc2cnc3[nH]ccc3n12. The molecule has 0 unspecified atom stereocenters. The Morgan fingerprint density at radius 3 is 3.04 bits per heavy atom. The van der Waals surface area contributed by atoms with Crippen LogP contribution in [0.3, 0.4) is 0 Å². The van der Waals surface area contributed by atoms with E-state index < -0.39 is 0 Å². The summed E-state index contributed by atoms with van der Waals surface area (Å²) in [6.07, 6.45) is 8.97. The lowest BCUT2D eigenvalue weighted by atomic mass is 9.95. The van der Waals surface area contributed by atoms with E-state index in [1.165, 1.54) is 5.69 Å². The van der Waals surface area contributed by atoms with Crippen molar-refractivity contribution in [1.29, 1.82) is 0 Å². The van der Waals surface area contributed by atoms with Crippen LogP contribution in [0.1, 0.15) is 41.9 Å². The molecular weight excluding hydrogens is 342 g/mol. The van der Waals surface area contributed by atoms with Gasteiger partial charge >= 0.3 is 0 Å². The lowest BCUT2D eigenvalue weighted by molar-refractivity contribution is 0.0931. The molecule has 8 nitrogen and oxygen atoms in total. The topological polar surface area (TPSA) is 101 Å². The molecule has 27 heavy (non-hydrogen) atoms. The molecule has 1 aliphatic rings. The number of nitrogens with zero attached hydrogens (tertiary/aromatic N) is 5. The van der Waals surface area contributed by atoms with Crippen LogP contribution in [0, 0.1) is 5.92 Å². The fraction of sp³-hybridized carbons (Fsp3) is 0.316. The molecule has 0 bridgehead atoms. The number of hydrogen-bond donors (Lipinski definition) is 2. The first kappa shape index (κ1) is 15.9. The second-order valence-electron chi connectivity index (χ2n) is 7.18. The zero-order valence-corrected chi connectivity index (χ0v) is 14.8. The highest BCUT2D eigenvalue weighted by molar-refractivity contribution is 5.92. The maximum atomic E-state index is 12.4. The highest BCUT2D eigenvalue weighted by Crippen LogP contribution is 2.40. The van der Waals surface area contributed by atoms with Crippen molar-refractivity contribution in [1.82, 2.24) is 34.9 Å². The molecule has 4 aromatic heterocycles. The minimum absolute atomic E-state index is 0.105. The number of rotatable bonds is 3. The zero-order chi connectivity index (χ0) is 18.4. The summed E-state index contributed by atoms with van der Waals surface area (Å²) >= 11 is 0. The van der Waals surface area contributed by atoms with E-state index in [0.717, 1.165) is 29.7 Å². The summed E-state index contributed by atoms with van der Waals surface area (Å²) in [7, 11) is 0. The Balaban J connectivity index is 1.43. The molecule has 0 aliphatic heterocycles. The van der Waals surface area contributed by atoms with Crippen molar-refractivity contribution < 1.29 is 4.79 Å². The number of aromatic nitrogens is 6. The predicted molar refractivity (Wildman–Crippen MR) is 99.3 cm³/mol. The number of H-pyrrole nitrogens is 1. The van der Waals surface area contributed by atoms with Crippen LogP contribution in [0.15, 0.2) is 43.0 Å². The molecule has 0 radical (unpaired) electrons. The number of amides is 1. The fourth-order valence-electron chi connectivity index (χ4n) is 4.21. The first-order valence-electron chi connectivity index (χ1n) is 9.08. The largest absolute Gasteiger partial charge is 0.348 e. The Hall–Kier alpha value is -3.29. The van der Waals surface area contributed by atoms with Crippen LogP contribution in [0.4, 0.5) is 0 Å². The second-order valence-corrected chi connectivity index (χ2v) is 7.18. The van der Waals surface area contributed by atoms with Gasteiger partial charge in [0.05, 0.1) is 11.7 Å². The average molecular weight is 361 g/mol. The van der Waals surface area contributed by atoms with E-state index in [1.807, 2.05) is 18.5 Å². The first-order valence-corrected chi connectivity index (χ1v) is 9.08. The molecule has 1 aliphatic carbocycles. The molecule has 136 valence electrons. The highest BCUT2D eigenvalue weighted by atomic mass is 16.2. The summed E-state index contributed by atoms with van der Waals surface area (Å²) in [6.45, 7) is 2.23. The third-order valence-electron chi connectivity index (χ3n) is 5.47. The fourth-order valence-corrected chi connectivity index (χ4v) is 4.21. The third kappa shape index (κ3) is 2.64. The number of carbonyl (C=O) groups excluding carboxylic acids is 1. The summed E-state index contributed by atoms with van der Waals surface area (Å²) in [5, 5.41) is 10.8. The molecule has 2 N–H and O–H groups in total. The number of hydrogen-bond acceptors (Lipinski definition) is 5. The lowest BCUT2D eigenvalue weighted by Crippen LogP contribution is -2.33. The quantitative estimate of drug-likeness (QED) is 0.583. The minimum Gasteiger partial charge on any atom is -0.348 e. The van der Waals surface area contributed by atoms with E-state index in [2.05, 4.69) is 41.8 Å². The van der Waals surface area contributed by atoms with E-state index in [-0.39, 0.29) is 11.9 Å². The standard InChI is InChI=1S/C19H19N7O/c1-11-7-12(24-19(27)14-3-2-5-23-25-14)8-13(11)16-9-21-17-10-22-18-15(26(16)17)4-6-20-18/h2-6,9-13,20H,7-8H2,1H3,(H,24,27)/t11-,12+,13+/m1/s1. The van der Waals surface area contributed by atoms with Crippen LogP contribution < -0.4 is 5.32 Å². The van der Waals surface area contributed by atoms with Gasteiger partial charge in [-0.1, -0.05) is 6.92 Å². The van der Waals surface area contributed by atoms with Crippen molar-refractivity contribution in [2.24, 2.45) is 5.92 Å². The molecule has 4 heterocycles. The Morgan fingerprint density at radius 1 is 1.26 bits per heavy atom. The van der Waals surface area contributed by atoms with E-state index >= 15 is 0 Å². The lowest BCUT2D eigenvalue weighted by Gasteiger charge is -2.15. The van der Waals surface area contributed by atoms with Crippen LogP contribution in [0.2, 0.25) is 0 Å². The van der Waals surface area contributed by atoms with Gasteiger partial charge in [-0.25, -0.2) is 9.97 Å². The van der Waals surface area contributed by atoms with Crippen molar-refractivity contribution in [3.63, 3.8) is 0 Å². The van der Waals surface area contributed by atoms with Crippen molar-refractivity contribution >= 4 is 22.7 Å². The summed E-state index contributed by atoms with van der Waals surface area (Å²) in [6, 6.07) is 5.52. The van der Waals surface area contributed by atoms with Crippen molar-refractivity contribution in [2.45, 2.75) is 31.7 Å². The van der Waals surface area contributed by atoms with Crippen LogP contribution in [0.25, 0.3) is 16.8 Å². The Bertz CT molecular complexity index is 1120. The van der Waals surface area contributed by atoms with Gasteiger partial charge in [0, 0.05) is 36.2 Å². The van der Waals surface area contributed by atoms with Gasteiger partial charge in [0.25, 0.3) is 5.91 Å². The molecule has 3 atom stereocenters. The van der Waals surface area contributed by atoms with Gasteiger partial charge in [-0.05, 0) is 37.0 Å². The maximum absolute atomic E-state index is 12.4. The molecule has 0 spiro atoms. The minimum atomic E-state index is -0.170. The number of fused-ring (bicyclic) bond motifs is 3. The van der Waals surface area contributed by atoms with Gasteiger partial charge in [-0.3, -0.25) is 9.20 Å². The first-order chi connectivity index (χ1) is 13.2. The predicted octanol–water partition coefficient (Wildman–Crippen LogP) is 2.31. The summed E-state index contributed by atoms with van der Waals surface area (Å²) in [5.41, 5.74) is 4.24. The van der Waals surface area contributed by atoms with Crippen molar-refractivity contribution in [3.05, 3.63) is 54.4 Å². The summed E-state index contributed by atoms with van der Waals surface area (Å²) in [4.78, 5) is 24.5. The Labute approximate surface area is 155 Å². The second kappa shape index (κ2) is 6.15. The number of carbonyl (C=O) groups is 1. The molecule has 0 aromatic carbocycles. The maximum Gasteiger partial charge on any atom is 0.272 e. The Kier molecular flexibility index (Phi) is 3.63. The van der Waals surface area contributed by atoms with Gasteiger partial charge in [-0.15, -0.1) is 5.10 Å². The molecule has 0 saturated heterocycles. The van der Waals surface area contributed by atoms with E-state index in [4.69, 9.17) is 0 Å². The van der Waals surface area contributed by atoms with E-state index in [9.17, 15) is 4.79 Å². The van der Waals surface area contributed by atoms with E-state index in [0.29, 0.717) is 17.5 Å². The highest BCUT2D eigenvalue weighted by Gasteiger charge is 2.35. The van der Waals surface area contributed by atoms with Crippen LogP contribution in [-0.4, -0.2) is 41.5 Å². The van der Waals surface area contributed by atoms with E-state index in [1.54, 1.807) is 24.5 Å². The molecule has 4 aromatic rings. The molecule has 5 rings (SSSR count). The summed E-state index contributed by atoms with van der Waals surface area (Å²) < 4.78 is 2.17. The molecule has 1 amide bonds. The summed E-state index contributed by atoms with van der Waals surface area (Å²) in [5.74, 6) is 0.572. The van der Waals surface area contributed by atoms with Gasteiger partial charge in [-0.2, -0.15) is 5.10 Å². The van der Waals surface area contributed by atoms with Crippen LogP contribution in [0.5, 0.6) is 0 Å². The molecule has 8 heteroatoms. The van der Waals surface area contributed by atoms with Crippen LogP contribution >= 0.6 is 0 Å². The molecule has 1 saturated carbocycles. The van der Waals surface area contributed by atoms with Crippen LogP contribution in [-0.2, 0) is 0 Å². The molecule has 1 fully saturated rings. The van der Waals surface area contributed by atoms with Gasteiger partial charge in [0.15, 0.2) is 17.0 Å². The van der Waals surface area contributed by atoms with Gasteiger partial charge in [0.2, 0.25) is 0 Å². The number of aromatic amines is 1. The van der Waals surface area contributed by atoms with Crippen molar-refractivity contribution in [2.75, 3.05) is 0 Å². The van der Waals surface area contributed by atoms with Crippen molar-refractivity contribution in [3.8, 4) is 0 Å². The normalized spacial score (nSPS) is 22.5. The monoisotopic (exact) mass is 361 g/mol. The Morgan fingerprint density at radius 2 is 2.19 bits per heavy atom. The smallest absolute Gasteiger partial charge is 0.272 e. The van der Waals surface area contributed by atoms with Gasteiger partial charge in [0.1, 0.15) is 0 Å². The molecular formula is C19H19N7O. The average Bonchev–Trinajstić information content (AvgIpc) is 3.39. The number of nitrogens with one attached hydrogen (secondary N) is 2. The third-order valence-corrected chi connectivity index (χ3v) is 5.47.